The highest BCUT2D eigenvalue weighted by molar-refractivity contribution is 6.52. The maximum absolute atomic E-state index is 13.4. The number of ketones is 1. The quantitative estimate of drug-likeness (QED) is 0.294. The standard InChI is InChI=1S/C27H24ClNO5/c1-15-8-9-16(2)22(12-15)29-24(17-6-5-7-18(13-17)33-3)23(26(31)27(29)32)25(30)20-14-19(34-4)10-11-21(20)28/h5-14,24,30H,1-4H3/b25-23+. The minimum atomic E-state index is -0.891. The van der Waals surface area contributed by atoms with Gasteiger partial charge in [0.15, 0.2) is 0 Å². The lowest BCUT2D eigenvalue weighted by Gasteiger charge is -2.27. The number of aryl methyl sites for hydroxylation is 2. The summed E-state index contributed by atoms with van der Waals surface area (Å²) in [5.74, 6) is -0.897. The van der Waals surface area contributed by atoms with Gasteiger partial charge >= 0.3 is 0 Å². The Bertz CT molecular complexity index is 1330. The van der Waals surface area contributed by atoms with E-state index in [0.717, 1.165) is 11.1 Å². The first-order valence-electron chi connectivity index (χ1n) is 10.6. The summed E-state index contributed by atoms with van der Waals surface area (Å²) in [6.07, 6.45) is 0. The second-order valence-electron chi connectivity index (χ2n) is 8.08. The Hall–Kier alpha value is -3.77. The smallest absolute Gasteiger partial charge is 0.300 e. The number of hydrogen-bond donors (Lipinski definition) is 1. The van der Waals surface area contributed by atoms with Crippen LogP contribution in [0, 0.1) is 13.8 Å². The maximum atomic E-state index is 13.4. The summed E-state index contributed by atoms with van der Waals surface area (Å²) in [7, 11) is 3.03. The van der Waals surface area contributed by atoms with Crippen LogP contribution in [0.5, 0.6) is 11.5 Å². The summed E-state index contributed by atoms with van der Waals surface area (Å²) in [5.41, 5.74) is 3.09. The van der Waals surface area contributed by atoms with Crippen molar-refractivity contribution in [2.75, 3.05) is 19.1 Å². The van der Waals surface area contributed by atoms with E-state index in [1.165, 1.54) is 25.2 Å². The third kappa shape index (κ3) is 4.01. The second-order valence-corrected chi connectivity index (χ2v) is 8.49. The van der Waals surface area contributed by atoms with Crippen LogP contribution in [-0.4, -0.2) is 31.0 Å². The van der Waals surface area contributed by atoms with Gasteiger partial charge in [-0.1, -0.05) is 35.9 Å². The highest BCUT2D eigenvalue weighted by Crippen LogP contribution is 2.44. The summed E-state index contributed by atoms with van der Waals surface area (Å²) in [6, 6.07) is 16.6. The van der Waals surface area contributed by atoms with Crippen LogP contribution in [0.2, 0.25) is 5.02 Å². The van der Waals surface area contributed by atoms with E-state index in [1.807, 2.05) is 32.0 Å². The van der Waals surface area contributed by atoms with E-state index in [2.05, 4.69) is 0 Å². The Morgan fingerprint density at radius 3 is 2.35 bits per heavy atom. The van der Waals surface area contributed by atoms with E-state index in [1.54, 1.807) is 36.4 Å². The Morgan fingerprint density at radius 2 is 1.65 bits per heavy atom. The van der Waals surface area contributed by atoms with Crippen LogP contribution in [0.4, 0.5) is 5.69 Å². The number of benzene rings is 3. The summed E-state index contributed by atoms with van der Waals surface area (Å²) in [6.45, 7) is 3.78. The van der Waals surface area contributed by atoms with E-state index < -0.39 is 17.7 Å². The zero-order valence-corrected chi connectivity index (χ0v) is 20.0. The Kier molecular flexibility index (Phi) is 6.35. The molecule has 1 amide bonds. The molecular formula is C27H24ClNO5. The van der Waals surface area contributed by atoms with Gasteiger partial charge in [0.25, 0.3) is 11.7 Å². The fourth-order valence-corrected chi connectivity index (χ4v) is 4.35. The predicted octanol–water partition coefficient (Wildman–Crippen LogP) is 5.60. The Morgan fingerprint density at radius 1 is 0.941 bits per heavy atom. The van der Waals surface area contributed by atoms with Crippen molar-refractivity contribution in [3.05, 3.63) is 93.5 Å². The van der Waals surface area contributed by atoms with Crippen LogP contribution >= 0.6 is 11.6 Å². The first-order chi connectivity index (χ1) is 16.3. The van der Waals surface area contributed by atoms with E-state index in [4.69, 9.17) is 21.1 Å². The van der Waals surface area contributed by atoms with E-state index in [9.17, 15) is 14.7 Å². The molecular weight excluding hydrogens is 454 g/mol. The van der Waals surface area contributed by atoms with Gasteiger partial charge in [-0.25, -0.2) is 0 Å². The number of methoxy groups -OCH3 is 2. The third-order valence-electron chi connectivity index (χ3n) is 5.91. The number of aliphatic hydroxyl groups excluding tert-OH is 1. The van der Waals surface area contributed by atoms with Crippen LogP contribution < -0.4 is 14.4 Å². The van der Waals surface area contributed by atoms with E-state index in [0.29, 0.717) is 22.7 Å². The number of halogens is 1. The maximum Gasteiger partial charge on any atom is 0.300 e. The summed E-state index contributed by atoms with van der Waals surface area (Å²) >= 11 is 6.37. The fourth-order valence-electron chi connectivity index (χ4n) is 4.14. The lowest BCUT2D eigenvalue weighted by Crippen LogP contribution is -2.30. The number of carbonyl (C=O) groups excluding carboxylic acids is 2. The van der Waals surface area contributed by atoms with Crippen LogP contribution in [0.1, 0.15) is 28.3 Å². The number of amides is 1. The lowest BCUT2D eigenvalue weighted by atomic mass is 9.94. The molecule has 3 aromatic carbocycles. The van der Waals surface area contributed by atoms with Gasteiger partial charge in [0, 0.05) is 11.3 Å². The van der Waals surface area contributed by atoms with Gasteiger partial charge < -0.3 is 14.6 Å². The fraction of sp³-hybridized carbons (Fsp3) is 0.185. The molecule has 0 spiro atoms. The highest BCUT2D eigenvalue weighted by atomic mass is 35.5. The number of carbonyl (C=O) groups is 2. The van der Waals surface area contributed by atoms with Crippen molar-refractivity contribution in [1.82, 2.24) is 0 Å². The SMILES string of the molecule is COc1cccc(C2/C(=C(\O)c3cc(OC)ccc3Cl)C(=O)C(=O)N2c2cc(C)ccc2C)c1. The molecule has 1 fully saturated rings. The van der Waals surface area contributed by atoms with Gasteiger partial charge in [0.2, 0.25) is 0 Å². The first-order valence-corrected chi connectivity index (χ1v) is 11.0. The molecule has 4 rings (SSSR count). The number of ether oxygens (including phenoxy) is 2. The monoisotopic (exact) mass is 477 g/mol. The minimum absolute atomic E-state index is 0.0608. The molecule has 1 saturated heterocycles. The third-order valence-corrected chi connectivity index (χ3v) is 6.24. The lowest BCUT2D eigenvalue weighted by molar-refractivity contribution is -0.132. The average molecular weight is 478 g/mol. The Labute approximate surface area is 203 Å². The topological polar surface area (TPSA) is 76.1 Å². The van der Waals surface area contributed by atoms with Crippen LogP contribution in [0.25, 0.3) is 5.76 Å². The predicted molar refractivity (Wildman–Crippen MR) is 132 cm³/mol. The summed E-state index contributed by atoms with van der Waals surface area (Å²) in [4.78, 5) is 28.2. The molecule has 0 aliphatic carbocycles. The number of Topliss-reactive ketones (excluding diaryl/α,β-unsaturated/α-hetero) is 1. The van der Waals surface area contributed by atoms with Gasteiger partial charge in [0.1, 0.15) is 17.3 Å². The molecule has 1 unspecified atom stereocenters. The zero-order chi connectivity index (χ0) is 24.6. The van der Waals surface area contributed by atoms with Crippen molar-refractivity contribution in [2.45, 2.75) is 19.9 Å². The molecule has 0 saturated carbocycles. The van der Waals surface area contributed by atoms with Gasteiger partial charge in [-0.2, -0.15) is 0 Å². The molecule has 0 radical (unpaired) electrons. The van der Waals surface area contributed by atoms with Gasteiger partial charge in [-0.15, -0.1) is 0 Å². The van der Waals surface area contributed by atoms with E-state index >= 15 is 0 Å². The molecule has 1 N–H and O–H groups in total. The zero-order valence-electron chi connectivity index (χ0n) is 19.3. The molecule has 1 aliphatic rings. The molecule has 6 nitrogen and oxygen atoms in total. The number of nitrogens with zero attached hydrogens (tertiary/aromatic N) is 1. The average Bonchev–Trinajstić information content (AvgIpc) is 3.11. The van der Waals surface area contributed by atoms with Crippen LogP contribution in [-0.2, 0) is 9.59 Å². The van der Waals surface area contributed by atoms with Crippen molar-refractivity contribution >= 4 is 34.7 Å². The van der Waals surface area contributed by atoms with Crippen molar-refractivity contribution in [1.29, 1.82) is 0 Å². The number of aliphatic hydroxyl groups is 1. The molecule has 34 heavy (non-hydrogen) atoms. The molecule has 1 heterocycles. The number of anilines is 1. The Balaban J connectivity index is 2.02. The van der Waals surface area contributed by atoms with Crippen molar-refractivity contribution < 1.29 is 24.2 Å². The molecule has 0 bridgehead atoms. The molecule has 7 heteroatoms. The van der Waals surface area contributed by atoms with Gasteiger partial charge in [-0.3, -0.25) is 14.5 Å². The van der Waals surface area contributed by atoms with Crippen molar-refractivity contribution in [2.24, 2.45) is 0 Å². The van der Waals surface area contributed by atoms with E-state index in [-0.39, 0.29) is 21.9 Å². The van der Waals surface area contributed by atoms with Crippen LogP contribution in [0.3, 0.4) is 0 Å². The largest absolute Gasteiger partial charge is 0.507 e. The molecule has 1 aliphatic heterocycles. The molecule has 3 aromatic rings. The van der Waals surface area contributed by atoms with Gasteiger partial charge in [0.05, 0.1) is 30.9 Å². The molecule has 0 aromatic heterocycles. The second kappa shape index (κ2) is 9.23. The number of hydrogen-bond acceptors (Lipinski definition) is 5. The first kappa shape index (κ1) is 23.4. The highest BCUT2D eigenvalue weighted by Gasteiger charge is 2.47. The summed E-state index contributed by atoms with van der Waals surface area (Å²) < 4.78 is 10.6. The summed E-state index contributed by atoms with van der Waals surface area (Å²) in [5, 5.41) is 11.6. The van der Waals surface area contributed by atoms with Crippen LogP contribution in [0.15, 0.2) is 66.2 Å². The van der Waals surface area contributed by atoms with Crippen molar-refractivity contribution in [3.8, 4) is 11.5 Å². The van der Waals surface area contributed by atoms with Gasteiger partial charge in [-0.05, 0) is 66.9 Å². The normalized spacial score (nSPS) is 17.2. The molecule has 174 valence electrons. The number of rotatable bonds is 5. The minimum Gasteiger partial charge on any atom is -0.507 e. The molecule has 1 atom stereocenters. The van der Waals surface area contributed by atoms with Crippen molar-refractivity contribution in [3.63, 3.8) is 0 Å².